The van der Waals surface area contributed by atoms with Gasteiger partial charge < -0.3 is 4.74 Å². The Bertz CT molecular complexity index is 816. The summed E-state index contributed by atoms with van der Waals surface area (Å²) in [5.41, 5.74) is 0.801. The summed E-state index contributed by atoms with van der Waals surface area (Å²) in [6.45, 7) is -0.111. The van der Waals surface area contributed by atoms with Crippen LogP contribution in [0, 0.1) is 20.2 Å². The molecule has 2 aromatic rings. The van der Waals surface area contributed by atoms with Crippen LogP contribution in [0.4, 0.5) is 11.4 Å². The Labute approximate surface area is 136 Å². The van der Waals surface area contributed by atoms with E-state index in [4.69, 9.17) is 4.74 Å². The number of hydrogen-bond acceptors (Lipinski definition) is 6. The maximum absolute atomic E-state index is 11.7. The van der Waals surface area contributed by atoms with Crippen molar-refractivity contribution < 1.29 is 19.4 Å². The Kier molecular flexibility index (Phi) is 5.35. The second kappa shape index (κ2) is 7.63. The minimum Gasteiger partial charge on any atom is -0.458 e. The molecule has 0 spiro atoms. The molecule has 0 aliphatic carbocycles. The Morgan fingerprint density at radius 2 is 1.62 bits per heavy atom. The van der Waals surface area contributed by atoms with E-state index in [-0.39, 0.29) is 18.0 Å². The molecule has 0 N–H and O–H groups in total. The second-order valence-corrected chi connectivity index (χ2v) is 4.72. The molecule has 24 heavy (non-hydrogen) atoms. The SMILES string of the molecule is O=C(/C=C/c1cccc([N+](=O)[O-])c1)OCc1cccc([N+](=O)[O-])c1. The molecule has 0 saturated carbocycles. The zero-order valence-corrected chi connectivity index (χ0v) is 12.3. The van der Waals surface area contributed by atoms with Crippen LogP contribution in [0.5, 0.6) is 0 Å². The topological polar surface area (TPSA) is 113 Å². The Morgan fingerprint density at radius 3 is 2.29 bits per heavy atom. The minimum atomic E-state index is -0.659. The van der Waals surface area contributed by atoms with Gasteiger partial charge in [0.2, 0.25) is 0 Å². The minimum absolute atomic E-state index is 0.0814. The van der Waals surface area contributed by atoms with Crippen LogP contribution >= 0.6 is 0 Å². The van der Waals surface area contributed by atoms with E-state index in [1.54, 1.807) is 12.1 Å². The number of esters is 1. The van der Waals surface area contributed by atoms with Crippen LogP contribution in [0.2, 0.25) is 0 Å². The van der Waals surface area contributed by atoms with E-state index >= 15 is 0 Å². The van der Waals surface area contributed by atoms with Gasteiger partial charge in [-0.25, -0.2) is 4.79 Å². The zero-order chi connectivity index (χ0) is 17.5. The van der Waals surface area contributed by atoms with E-state index in [1.807, 2.05) is 0 Å². The molecule has 8 nitrogen and oxygen atoms in total. The maximum atomic E-state index is 11.7. The van der Waals surface area contributed by atoms with Gasteiger partial charge in [0.25, 0.3) is 11.4 Å². The van der Waals surface area contributed by atoms with Crippen molar-refractivity contribution in [3.63, 3.8) is 0 Å². The average molecular weight is 328 g/mol. The molecule has 0 saturated heterocycles. The van der Waals surface area contributed by atoms with E-state index < -0.39 is 15.8 Å². The molecule has 2 aromatic carbocycles. The summed E-state index contributed by atoms with van der Waals surface area (Å²) in [6.07, 6.45) is 2.53. The van der Waals surface area contributed by atoms with Crippen LogP contribution in [0.15, 0.2) is 54.6 Å². The maximum Gasteiger partial charge on any atom is 0.331 e. The van der Waals surface area contributed by atoms with E-state index in [2.05, 4.69) is 0 Å². The van der Waals surface area contributed by atoms with E-state index in [0.717, 1.165) is 6.08 Å². The number of carbonyl (C=O) groups excluding carboxylic acids is 1. The predicted molar refractivity (Wildman–Crippen MR) is 85.0 cm³/mol. The van der Waals surface area contributed by atoms with E-state index in [9.17, 15) is 25.0 Å². The first-order chi connectivity index (χ1) is 11.5. The number of carbonyl (C=O) groups is 1. The molecule has 0 aromatic heterocycles. The van der Waals surface area contributed by atoms with E-state index in [1.165, 1.54) is 42.5 Å². The number of nitro benzene ring substituents is 2. The molecule has 0 unspecified atom stereocenters. The molecule has 122 valence electrons. The van der Waals surface area contributed by atoms with Crippen molar-refractivity contribution in [3.05, 3.63) is 86.0 Å². The van der Waals surface area contributed by atoms with Crippen molar-refractivity contribution in [2.75, 3.05) is 0 Å². The van der Waals surface area contributed by atoms with Crippen LogP contribution in [0.3, 0.4) is 0 Å². The standard InChI is InChI=1S/C16H12N2O6/c19-16(8-7-12-3-1-5-14(9-12)17(20)21)24-11-13-4-2-6-15(10-13)18(22)23/h1-10H,11H2/b8-7+. The molecule has 0 atom stereocenters. The first-order valence-corrected chi connectivity index (χ1v) is 6.78. The van der Waals surface area contributed by atoms with Crippen LogP contribution in [-0.2, 0) is 16.1 Å². The summed E-state index contributed by atoms with van der Waals surface area (Å²) in [4.78, 5) is 31.9. The summed E-state index contributed by atoms with van der Waals surface area (Å²) in [6, 6.07) is 11.5. The molecule has 0 aliphatic rings. The smallest absolute Gasteiger partial charge is 0.331 e. The summed E-state index contributed by atoms with van der Waals surface area (Å²) in [5.74, 6) is -0.659. The highest BCUT2D eigenvalue weighted by Crippen LogP contribution is 2.15. The molecular formula is C16H12N2O6. The quantitative estimate of drug-likeness (QED) is 0.348. The predicted octanol–water partition coefficient (Wildman–Crippen LogP) is 3.26. The molecule has 0 amide bonds. The monoisotopic (exact) mass is 328 g/mol. The molecule has 0 aliphatic heterocycles. The molecule has 0 bridgehead atoms. The lowest BCUT2D eigenvalue weighted by Crippen LogP contribution is -2.01. The number of non-ortho nitro benzene ring substituents is 2. The van der Waals surface area contributed by atoms with E-state index in [0.29, 0.717) is 11.1 Å². The van der Waals surface area contributed by atoms with Crippen molar-refractivity contribution in [1.29, 1.82) is 0 Å². The zero-order valence-electron chi connectivity index (χ0n) is 12.3. The number of nitro groups is 2. The van der Waals surface area contributed by atoms with Crippen molar-refractivity contribution in [3.8, 4) is 0 Å². The highest BCUT2D eigenvalue weighted by molar-refractivity contribution is 5.87. The van der Waals surface area contributed by atoms with Gasteiger partial charge in [0.1, 0.15) is 6.61 Å². The first kappa shape index (κ1) is 16.8. The number of rotatable bonds is 6. The highest BCUT2D eigenvalue weighted by Gasteiger charge is 2.07. The number of benzene rings is 2. The Hall–Kier alpha value is -3.55. The van der Waals surface area contributed by atoms with Crippen molar-refractivity contribution >= 4 is 23.4 Å². The average Bonchev–Trinajstić information content (AvgIpc) is 2.58. The van der Waals surface area contributed by atoms with Crippen LogP contribution in [0.1, 0.15) is 11.1 Å². The summed E-state index contributed by atoms with van der Waals surface area (Å²) < 4.78 is 4.98. The lowest BCUT2D eigenvalue weighted by atomic mass is 10.2. The number of nitrogens with zero attached hydrogens (tertiary/aromatic N) is 2. The van der Waals surface area contributed by atoms with Gasteiger partial charge in [0.15, 0.2) is 0 Å². The van der Waals surface area contributed by atoms with Crippen LogP contribution in [-0.4, -0.2) is 15.8 Å². The van der Waals surface area contributed by atoms with Gasteiger partial charge in [-0.1, -0.05) is 24.3 Å². The van der Waals surface area contributed by atoms with Crippen LogP contribution < -0.4 is 0 Å². The number of hydrogen-bond donors (Lipinski definition) is 0. The fraction of sp³-hybridized carbons (Fsp3) is 0.0625. The van der Waals surface area contributed by atoms with Gasteiger partial charge in [-0.3, -0.25) is 20.2 Å². The number of ether oxygens (including phenoxy) is 1. The third-order valence-electron chi connectivity index (χ3n) is 3.00. The molecule has 0 fully saturated rings. The fourth-order valence-electron chi connectivity index (χ4n) is 1.87. The highest BCUT2D eigenvalue weighted by atomic mass is 16.6. The molecule has 0 heterocycles. The Morgan fingerprint density at radius 1 is 1.00 bits per heavy atom. The Balaban J connectivity index is 1.96. The largest absolute Gasteiger partial charge is 0.458 e. The van der Waals surface area contributed by atoms with Crippen molar-refractivity contribution in [2.24, 2.45) is 0 Å². The molecule has 2 rings (SSSR count). The third-order valence-corrected chi connectivity index (χ3v) is 3.00. The van der Waals surface area contributed by atoms with Gasteiger partial charge in [-0.2, -0.15) is 0 Å². The fourth-order valence-corrected chi connectivity index (χ4v) is 1.87. The van der Waals surface area contributed by atoms with Gasteiger partial charge >= 0.3 is 5.97 Å². The van der Waals surface area contributed by atoms with Gasteiger partial charge in [0, 0.05) is 30.3 Å². The van der Waals surface area contributed by atoms with Crippen molar-refractivity contribution in [1.82, 2.24) is 0 Å². The summed E-state index contributed by atoms with van der Waals surface area (Å²) >= 11 is 0. The van der Waals surface area contributed by atoms with Gasteiger partial charge in [0.05, 0.1) is 9.85 Å². The van der Waals surface area contributed by atoms with Crippen LogP contribution in [0.25, 0.3) is 6.08 Å². The van der Waals surface area contributed by atoms with Crippen molar-refractivity contribution in [2.45, 2.75) is 6.61 Å². The first-order valence-electron chi connectivity index (χ1n) is 6.78. The lowest BCUT2D eigenvalue weighted by Gasteiger charge is -2.02. The normalized spacial score (nSPS) is 10.5. The summed E-state index contributed by atoms with van der Waals surface area (Å²) in [7, 11) is 0. The second-order valence-electron chi connectivity index (χ2n) is 4.72. The van der Waals surface area contributed by atoms with Gasteiger partial charge in [-0.15, -0.1) is 0 Å². The third kappa shape index (κ3) is 4.73. The molecule has 0 radical (unpaired) electrons. The summed E-state index contributed by atoms with van der Waals surface area (Å²) in [5, 5.41) is 21.3. The molecule has 8 heteroatoms. The molecular weight excluding hydrogens is 316 g/mol. The van der Waals surface area contributed by atoms with Gasteiger partial charge in [-0.05, 0) is 17.2 Å². The lowest BCUT2D eigenvalue weighted by molar-refractivity contribution is -0.385.